The van der Waals surface area contributed by atoms with Crippen LogP contribution in [0.3, 0.4) is 0 Å². The van der Waals surface area contributed by atoms with Gasteiger partial charge < -0.3 is 5.32 Å². The molecule has 1 aliphatic rings. The Hall–Kier alpha value is -1.43. The Morgan fingerprint density at radius 1 is 1.53 bits per heavy atom. The molecule has 0 spiro atoms. The Morgan fingerprint density at radius 2 is 2.35 bits per heavy atom. The Morgan fingerprint density at radius 3 is 2.94 bits per heavy atom. The monoisotopic (exact) mass is 254 g/mol. The van der Waals surface area contributed by atoms with Gasteiger partial charge >= 0.3 is 0 Å². The lowest BCUT2D eigenvalue weighted by Gasteiger charge is -2.09. The van der Waals surface area contributed by atoms with E-state index in [0.29, 0.717) is 18.5 Å². The molecule has 0 saturated carbocycles. The van der Waals surface area contributed by atoms with Crippen molar-refractivity contribution in [1.29, 1.82) is 0 Å². The van der Waals surface area contributed by atoms with Gasteiger partial charge in [-0.15, -0.1) is 0 Å². The highest BCUT2D eigenvalue weighted by Crippen LogP contribution is 2.17. The van der Waals surface area contributed by atoms with Gasteiger partial charge in [0.1, 0.15) is 0 Å². The number of nitrogens with one attached hydrogen (secondary N) is 1. The standard InChI is InChI=1S/C11H14N2O3S/c14-11(10-2-1-4-12-7-10)13-6-9-3-5-17(15,16)8-9/h1-2,4,7,9H,3,5-6,8H2,(H,13,14). The average molecular weight is 254 g/mol. The third-order valence-corrected chi connectivity index (χ3v) is 4.64. The smallest absolute Gasteiger partial charge is 0.252 e. The maximum Gasteiger partial charge on any atom is 0.252 e. The van der Waals surface area contributed by atoms with E-state index in [9.17, 15) is 13.2 Å². The maximum absolute atomic E-state index is 11.7. The minimum absolute atomic E-state index is 0.0422. The van der Waals surface area contributed by atoms with Crippen molar-refractivity contribution in [3.63, 3.8) is 0 Å². The predicted molar refractivity (Wildman–Crippen MR) is 63.3 cm³/mol. The van der Waals surface area contributed by atoms with E-state index in [-0.39, 0.29) is 23.3 Å². The molecule has 17 heavy (non-hydrogen) atoms. The van der Waals surface area contributed by atoms with Crippen LogP contribution in [0.4, 0.5) is 0 Å². The van der Waals surface area contributed by atoms with Gasteiger partial charge in [-0.25, -0.2) is 8.42 Å². The quantitative estimate of drug-likeness (QED) is 0.838. The van der Waals surface area contributed by atoms with Crippen molar-refractivity contribution in [2.45, 2.75) is 6.42 Å². The highest BCUT2D eigenvalue weighted by Gasteiger charge is 2.27. The molecule has 92 valence electrons. The summed E-state index contributed by atoms with van der Waals surface area (Å²) in [6, 6.07) is 3.36. The number of hydrogen-bond acceptors (Lipinski definition) is 4. The minimum atomic E-state index is -2.87. The fraction of sp³-hybridized carbons (Fsp3) is 0.455. The van der Waals surface area contributed by atoms with Crippen molar-refractivity contribution in [2.75, 3.05) is 18.1 Å². The summed E-state index contributed by atoms with van der Waals surface area (Å²) in [5.74, 6) is 0.254. The van der Waals surface area contributed by atoms with Crippen molar-refractivity contribution >= 4 is 15.7 Å². The molecule has 0 aliphatic carbocycles. The number of rotatable bonds is 3. The van der Waals surface area contributed by atoms with Gasteiger partial charge in [-0.05, 0) is 24.5 Å². The van der Waals surface area contributed by atoms with E-state index in [1.165, 1.54) is 6.20 Å². The van der Waals surface area contributed by atoms with E-state index >= 15 is 0 Å². The number of sulfone groups is 1. The average Bonchev–Trinajstić information content (AvgIpc) is 2.67. The van der Waals surface area contributed by atoms with Crippen molar-refractivity contribution in [1.82, 2.24) is 10.3 Å². The van der Waals surface area contributed by atoms with E-state index in [0.717, 1.165) is 0 Å². The Balaban J connectivity index is 1.86. The van der Waals surface area contributed by atoms with Crippen molar-refractivity contribution < 1.29 is 13.2 Å². The van der Waals surface area contributed by atoms with Crippen LogP contribution >= 0.6 is 0 Å². The fourth-order valence-corrected chi connectivity index (χ4v) is 3.73. The highest BCUT2D eigenvalue weighted by molar-refractivity contribution is 7.91. The third-order valence-electron chi connectivity index (χ3n) is 2.80. The lowest BCUT2D eigenvalue weighted by molar-refractivity contribution is 0.0948. The molecule has 0 radical (unpaired) electrons. The lowest BCUT2D eigenvalue weighted by Crippen LogP contribution is -2.29. The molecule has 1 saturated heterocycles. The van der Waals surface area contributed by atoms with Crippen LogP contribution in [0.1, 0.15) is 16.8 Å². The molecule has 0 aromatic carbocycles. The molecule has 1 fully saturated rings. The van der Waals surface area contributed by atoms with Crippen LogP contribution in [0, 0.1) is 5.92 Å². The van der Waals surface area contributed by atoms with E-state index in [4.69, 9.17) is 0 Å². The minimum Gasteiger partial charge on any atom is -0.352 e. The van der Waals surface area contributed by atoms with Crippen LogP contribution in [-0.2, 0) is 9.84 Å². The molecule has 1 aromatic rings. The summed E-state index contributed by atoms with van der Waals surface area (Å²) in [5.41, 5.74) is 0.494. The molecule has 1 amide bonds. The van der Waals surface area contributed by atoms with Crippen molar-refractivity contribution in [2.24, 2.45) is 5.92 Å². The fourth-order valence-electron chi connectivity index (χ4n) is 1.87. The zero-order valence-corrected chi connectivity index (χ0v) is 10.1. The maximum atomic E-state index is 11.7. The van der Waals surface area contributed by atoms with Crippen LogP contribution in [0.2, 0.25) is 0 Å². The number of nitrogens with zero attached hydrogens (tertiary/aromatic N) is 1. The molecule has 1 aliphatic heterocycles. The largest absolute Gasteiger partial charge is 0.352 e. The first-order chi connectivity index (χ1) is 8.07. The van der Waals surface area contributed by atoms with Gasteiger partial charge in [0, 0.05) is 18.9 Å². The molecule has 1 atom stereocenters. The summed E-state index contributed by atoms with van der Waals surface area (Å²) in [7, 11) is -2.87. The molecule has 2 rings (SSSR count). The first-order valence-corrected chi connectivity index (χ1v) is 7.27. The summed E-state index contributed by atoms with van der Waals surface area (Å²) in [6.45, 7) is 0.410. The topological polar surface area (TPSA) is 76.1 Å². The summed E-state index contributed by atoms with van der Waals surface area (Å²) in [6.07, 6.45) is 3.72. The van der Waals surface area contributed by atoms with E-state index in [2.05, 4.69) is 10.3 Å². The molecular weight excluding hydrogens is 240 g/mol. The normalized spacial score (nSPS) is 22.2. The second-order valence-electron chi connectivity index (χ2n) is 4.22. The van der Waals surface area contributed by atoms with Gasteiger partial charge in [0.05, 0.1) is 17.1 Å². The van der Waals surface area contributed by atoms with Gasteiger partial charge in [-0.3, -0.25) is 9.78 Å². The first-order valence-electron chi connectivity index (χ1n) is 5.45. The zero-order chi connectivity index (χ0) is 12.3. The lowest BCUT2D eigenvalue weighted by atomic mass is 10.1. The highest BCUT2D eigenvalue weighted by atomic mass is 32.2. The van der Waals surface area contributed by atoms with Crippen molar-refractivity contribution in [3.05, 3.63) is 30.1 Å². The van der Waals surface area contributed by atoms with Crippen LogP contribution in [-0.4, -0.2) is 37.4 Å². The van der Waals surface area contributed by atoms with E-state index < -0.39 is 9.84 Å². The predicted octanol–water partition coefficient (Wildman–Crippen LogP) is 0.246. The number of carbonyl (C=O) groups is 1. The molecule has 1 aromatic heterocycles. The third kappa shape index (κ3) is 3.26. The second kappa shape index (κ2) is 4.83. The molecule has 1 N–H and O–H groups in total. The number of aromatic nitrogens is 1. The Kier molecular flexibility index (Phi) is 3.42. The first kappa shape index (κ1) is 12.0. The summed E-state index contributed by atoms with van der Waals surface area (Å²) < 4.78 is 22.5. The molecular formula is C11H14N2O3S. The van der Waals surface area contributed by atoms with Gasteiger partial charge in [-0.2, -0.15) is 0 Å². The van der Waals surface area contributed by atoms with Gasteiger partial charge in [0.25, 0.3) is 5.91 Å². The number of pyridine rings is 1. The zero-order valence-electron chi connectivity index (χ0n) is 9.30. The second-order valence-corrected chi connectivity index (χ2v) is 6.45. The number of amides is 1. The Labute approximate surface area is 100 Å². The van der Waals surface area contributed by atoms with Crippen molar-refractivity contribution in [3.8, 4) is 0 Å². The SMILES string of the molecule is O=C(NCC1CCS(=O)(=O)C1)c1cccnc1. The van der Waals surface area contributed by atoms with E-state index in [1.54, 1.807) is 18.3 Å². The summed E-state index contributed by atoms with van der Waals surface area (Å²) >= 11 is 0. The Bertz CT molecular complexity index is 499. The number of hydrogen-bond donors (Lipinski definition) is 1. The van der Waals surface area contributed by atoms with Crippen LogP contribution in [0.25, 0.3) is 0 Å². The van der Waals surface area contributed by atoms with E-state index in [1.807, 2.05) is 0 Å². The van der Waals surface area contributed by atoms with Gasteiger partial charge in [0.15, 0.2) is 9.84 Å². The van der Waals surface area contributed by atoms with Crippen LogP contribution in [0.15, 0.2) is 24.5 Å². The van der Waals surface area contributed by atoms with Crippen LogP contribution in [0.5, 0.6) is 0 Å². The molecule has 2 heterocycles. The molecule has 1 unspecified atom stereocenters. The molecule has 0 bridgehead atoms. The molecule has 5 nitrogen and oxygen atoms in total. The van der Waals surface area contributed by atoms with Gasteiger partial charge in [-0.1, -0.05) is 0 Å². The number of carbonyl (C=O) groups excluding carboxylic acids is 1. The molecule has 6 heteroatoms. The van der Waals surface area contributed by atoms with Gasteiger partial charge in [0.2, 0.25) is 0 Å². The summed E-state index contributed by atoms with van der Waals surface area (Å²) in [5, 5.41) is 2.74. The summed E-state index contributed by atoms with van der Waals surface area (Å²) in [4.78, 5) is 15.5. The van der Waals surface area contributed by atoms with Crippen LogP contribution < -0.4 is 5.32 Å².